The van der Waals surface area contributed by atoms with Crippen LogP contribution in [0.1, 0.15) is 41.7 Å². The Balaban J connectivity index is 2.30. The highest BCUT2D eigenvalue weighted by atomic mass is 16.6. The number of hydrogen-bond donors (Lipinski definition) is 0. The van der Waals surface area contributed by atoms with Gasteiger partial charge in [0.05, 0.1) is 1.37 Å². The highest BCUT2D eigenvalue weighted by Gasteiger charge is 2.39. The van der Waals surface area contributed by atoms with Crippen LogP contribution in [0.3, 0.4) is 0 Å². The van der Waals surface area contributed by atoms with Crippen molar-refractivity contribution in [2.45, 2.75) is 44.6 Å². The second-order valence-electron chi connectivity index (χ2n) is 3.55. The molecule has 0 N–H and O–H groups in total. The lowest BCUT2D eigenvalue weighted by atomic mass is 9.85. The van der Waals surface area contributed by atoms with E-state index >= 15 is 0 Å². The second kappa shape index (κ2) is 2.61. The lowest BCUT2D eigenvalue weighted by Gasteiger charge is -2.30. The van der Waals surface area contributed by atoms with Crippen molar-refractivity contribution in [3.63, 3.8) is 0 Å². The second-order valence-corrected chi connectivity index (χ2v) is 3.55. The summed E-state index contributed by atoms with van der Waals surface area (Å²) in [5.74, 6) is -0.438. The fraction of sp³-hybridized carbons (Fsp3) is 0.700. The first-order chi connectivity index (χ1) is 6.69. The van der Waals surface area contributed by atoms with Gasteiger partial charge in [-0.05, 0) is 38.6 Å². The summed E-state index contributed by atoms with van der Waals surface area (Å²) >= 11 is 0. The van der Waals surface area contributed by atoms with Crippen molar-refractivity contribution in [1.29, 1.82) is 0 Å². The van der Waals surface area contributed by atoms with Crippen LogP contribution in [-0.2, 0) is 9.53 Å². The summed E-state index contributed by atoms with van der Waals surface area (Å²) in [6.07, 6.45) is 4.72. The Morgan fingerprint density at radius 1 is 1.58 bits per heavy atom. The van der Waals surface area contributed by atoms with Gasteiger partial charge in [-0.25, -0.2) is 4.79 Å². The molecule has 1 heterocycles. The third-order valence-electron chi connectivity index (χ3n) is 2.57. The zero-order valence-corrected chi connectivity index (χ0v) is 7.06. The van der Waals surface area contributed by atoms with Crippen LogP contribution in [0.4, 0.5) is 0 Å². The molecule has 66 valence electrons. The smallest absolute Gasteiger partial charge is 0.334 e. The molecule has 0 amide bonds. The van der Waals surface area contributed by atoms with Gasteiger partial charge in [-0.3, -0.25) is 0 Å². The van der Waals surface area contributed by atoms with Crippen molar-refractivity contribution >= 4 is 5.97 Å². The molecule has 0 aromatic carbocycles. The number of rotatable bonds is 0. The molecule has 0 unspecified atom stereocenters. The predicted molar refractivity (Wildman–Crippen MR) is 45.7 cm³/mol. The maximum atomic E-state index is 11.4. The van der Waals surface area contributed by atoms with Gasteiger partial charge in [0.25, 0.3) is 0 Å². The van der Waals surface area contributed by atoms with Crippen LogP contribution in [0.2, 0.25) is 0 Å². The number of ether oxygens (including phenoxy) is 1. The quantitative estimate of drug-likeness (QED) is 0.518. The van der Waals surface area contributed by atoms with E-state index in [2.05, 4.69) is 0 Å². The number of carbonyl (C=O) groups excluding carboxylic acids is 1. The predicted octanol–water partition coefficient (Wildman–Crippen LogP) is 2.19. The minimum Gasteiger partial charge on any atom is -0.451 e. The van der Waals surface area contributed by atoms with Crippen LogP contribution in [0.25, 0.3) is 0 Å². The summed E-state index contributed by atoms with van der Waals surface area (Å²) in [6, 6.07) is 0.275. The molecule has 0 aromatic heterocycles. The topological polar surface area (TPSA) is 26.3 Å². The fourth-order valence-corrected chi connectivity index (χ4v) is 1.94. The molecule has 0 saturated heterocycles. The lowest BCUT2D eigenvalue weighted by Crippen LogP contribution is -2.30. The van der Waals surface area contributed by atoms with Crippen LogP contribution < -0.4 is 0 Å². The Labute approximate surface area is 75.4 Å². The highest BCUT2D eigenvalue weighted by Crippen LogP contribution is 2.37. The summed E-state index contributed by atoms with van der Waals surface area (Å²) in [5.41, 5.74) is -0.391. The minimum absolute atomic E-state index is 0.126. The standard InChI is InChI=1S/C10H14O2/c1-8-7-10(12-9(8)11)5-3-2-4-6-10/h7H,2-6H2,1H3/i1D,7D. The minimum atomic E-state index is -0.647. The van der Waals surface area contributed by atoms with Gasteiger partial charge in [-0.1, -0.05) is 6.42 Å². The van der Waals surface area contributed by atoms with E-state index in [4.69, 9.17) is 7.48 Å². The Bertz CT molecular complexity index is 290. The van der Waals surface area contributed by atoms with E-state index in [0.29, 0.717) is 0 Å². The summed E-state index contributed by atoms with van der Waals surface area (Å²) in [4.78, 5) is 11.4. The van der Waals surface area contributed by atoms with Crippen molar-refractivity contribution in [2.75, 3.05) is 0 Å². The molecule has 2 rings (SSSR count). The van der Waals surface area contributed by atoms with Crippen LogP contribution in [0, 0.1) is 0 Å². The molecule has 0 aromatic rings. The molecule has 2 nitrogen and oxygen atoms in total. The third kappa shape index (κ3) is 1.15. The molecular formula is C10H14O2. The normalized spacial score (nSPS) is 30.2. The van der Waals surface area contributed by atoms with Crippen LogP contribution in [-0.4, -0.2) is 11.6 Å². The lowest BCUT2D eigenvalue weighted by molar-refractivity contribution is -0.148. The fourth-order valence-electron chi connectivity index (χ4n) is 1.94. The van der Waals surface area contributed by atoms with E-state index in [1.165, 1.54) is 0 Å². The molecule has 0 radical (unpaired) electrons. The van der Waals surface area contributed by atoms with Gasteiger partial charge in [0, 0.05) is 6.94 Å². The summed E-state index contributed by atoms with van der Waals surface area (Å²) < 4.78 is 20.3. The molecule has 1 fully saturated rings. The maximum absolute atomic E-state index is 11.4. The summed E-state index contributed by atoms with van der Waals surface area (Å²) in [5, 5.41) is 0. The van der Waals surface area contributed by atoms with Crippen LogP contribution in [0.5, 0.6) is 0 Å². The van der Waals surface area contributed by atoms with E-state index in [-0.39, 0.29) is 18.5 Å². The van der Waals surface area contributed by atoms with Gasteiger partial charge >= 0.3 is 5.97 Å². The van der Waals surface area contributed by atoms with Gasteiger partial charge in [-0.2, -0.15) is 0 Å². The molecule has 0 atom stereocenters. The largest absolute Gasteiger partial charge is 0.451 e. The van der Waals surface area contributed by atoms with Gasteiger partial charge in [0.15, 0.2) is 0 Å². The first kappa shape index (κ1) is 5.79. The average molecular weight is 168 g/mol. The van der Waals surface area contributed by atoms with Crippen molar-refractivity contribution in [3.8, 4) is 0 Å². The van der Waals surface area contributed by atoms with E-state index < -0.39 is 11.6 Å². The Hall–Kier alpha value is -0.790. The zero-order valence-electron chi connectivity index (χ0n) is 9.06. The van der Waals surface area contributed by atoms with Crippen molar-refractivity contribution in [3.05, 3.63) is 11.6 Å². The van der Waals surface area contributed by atoms with E-state index in [1.54, 1.807) is 0 Å². The molecule has 1 aliphatic carbocycles. The maximum Gasteiger partial charge on any atom is 0.334 e. The van der Waals surface area contributed by atoms with Crippen molar-refractivity contribution in [1.82, 2.24) is 0 Å². The molecule has 1 spiro atoms. The first-order valence-corrected chi connectivity index (χ1v) is 4.42. The number of carbonyl (C=O) groups is 1. The third-order valence-corrected chi connectivity index (χ3v) is 2.57. The Kier molecular flexibility index (Phi) is 1.26. The summed E-state index contributed by atoms with van der Waals surface area (Å²) in [6.45, 7) is -0.126. The SMILES string of the molecule is [2H]CC1=C([2H])C2(CCCCC2)OC1=O. The van der Waals surface area contributed by atoms with E-state index in [0.717, 1.165) is 32.1 Å². The molecule has 2 heteroatoms. The monoisotopic (exact) mass is 168 g/mol. The molecule has 1 aliphatic heterocycles. The van der Waals surface area contributed by atoms with E-state index in [9.17, 15) is 4.79 Å². The van der Waals surface area contributed by atoms with Crippen molar-refractivity contribution < 1.29 is 12.3 Å². The molecular weight excluding hydrogens is 152 g/mol. The highest BCUT2D eigenvalue weighted by molar-refractivity contribution is 5.90. The van der Waals surface area contributed by atoms with Crippen LogP contribution >= 0.6 is 0 Å². The Morgan fingerprint density at radius 3 is 2.92 bits per heavy atom. The average Bonchev–Trinajstić information content (AvgIpc) is 2.40. The molecule has 0 bridgehead atoms. The van der Waals surface area contributed by atoms with E-state index in [1.807, 2.05) is 0 Å². The van der Waals surface area contributed by atoms with Gasteiger partial charge in [0.2, 0.25) is 0 Å². The molecule has 1 saturated carbocycles. The van der Waals surface area contributed by atoms with Gasteiger partial charge < -0.3 is 4.74 Å². The Morgan fingerprint density at radius 2 is 2.33 bits per heavy atom. The zero-order chi connectivity index (χ0) is 10.2. The molecule has 12 heavy (non-hydrogen) atoms. The number of hydrogen-bond acceptors (Lipinski definition) is 2. The first-order valence-electron chi connectivity index (χ1n) is 5.63. The molecule has 2 aliphatic rings. The number of esters is 1. The summed E-state index contributed by atoms with van der Waals surface area (Å²) in [7, 11) is 0. The van der Waals surface area contributed by atoms with Gasteiger partial charge in [-0.15, -0.1) is 0 Å². The van der Waals surface area contributed by atoms with Gasteiger partial charge in [0.1, 0.15) is 5.60 Å². The van der Waals surface area contributed by atoms with Crippen molar-refractivity contribution in [2.24, 2.45) is 0 Å². The van der Waals surface area contributed by atoms with Crippen LogP contribution in [0.15, 0.2) is 11.6 Å².